The molecule has 0 spiro atoms. The van der Waals surface area contributed by atoms with E-state index in [1.165, 1.54) is 11.9 Å². The van der Waals surface area contributed by atoms with E-state index in [1.807, 2.05) is 29.2 Å². The fourth-order valence-corrected chi connectivity index (χ4v) is 3.50. The molecule has 0 unspecified atom stereocenters. The van der Waals surface area contributed by atoms with Crippen LogP contribution in [0.5, 0.6) is 0 Å². The molecule has 1 saturated heterocycles. The topological polar surface area (TPSA) is 66.6 Å². The molecule has 3 aromatic heterocycles. The molecule has 1 atom stereocenters. The second kappa shape index (κ2) is 7.34. The number of amides is 1. The summed E-state index contributed by atoms with van der Waals surface area (Å²) in [5.74, 6) is -0.227. The summed E-state index contributed by atoms with van der Waals surface area (Å²) in [5, 5.41) is 4.30. The molecule has 152 valence electrons. The fourth-order valence-electron chi connectivity index (χ4n) is 3.50. The van der Waals surface area contributed by atoms with E-state index in [-0.39, 0.29) is 6.04 Å². The molecule has 0 aromatic carbocycles. The van der Waals surface area contributed by atoms with Gasteiger partial charge >= 0.3 is 6.18 Å². The minimum atomic E-state index is -4.50. The van der Waals surface area contributed by atoms with Gasteiger partial charge in [-0.1, -0.05) is 6.07 Å². The maximum Gasteiger partial charge on any atom is 0.397 e. The molecule has 1 amide bonds. The van der Waals surface area contributed by atoms with Crippen molar-refractivity contribution in [2.24, 2.45) is 0 Å². The van der Waals surface area contributed by atoms with Crippen molar-refractivity contribution < 1.29 is 18.0 Å². The van der Waals surface area contributed by atoms with Gasteiger partial charge in [-0.2, -0.15) is 18.3 Å². The lowest BCUT2D eigenvalue weighted by molar-refractivity contribution is -0.161. The number of likely N-dealkylation sites (N-methyl/N-ethyl adjacent to an activating group) is 1. The molecule has 3 aromatic rings. The monoisotopic (exact) mass is 404 g/mol. The van der Waals surface area contributed by atoms with Gasteiger partial charge in [0.15, 0.2) is 5.65 Å². The SMILES string of the molecule is CN(C(=O)CC(F)(F)F)[C@H]1CCN(c2ccn3ncc(-c4ccccn4)c3n2)C1. The Morgan fingerprint density at radius 1 is 1.31 bits per heavy atom. The number of halogens is 3. The largest absolute Gasteiger partial charge is 0.397 e. The van der Waals surface area contributed by atoms with Gasteiger partial charge in [-0.25, -0.2) is 9.50 Å². The van der Waals surface area contributed by atoms with Crippen LogP contribution in [-0.2, 0) is 4.79 Å². The van der Waals surface area contributed by atoms with Gasteiger partial charge in [0.25, 0.3) is 0 Å². The molecular weight excluding hydrogens is 385 g/mol. The highest BCUT2D eigenvalue weighted by Crippen LogP contribution is 2.27. The summed E-state index contributed by atoms with van der Waals surface area (Å²) in [4.78, 5) is 24.1. The number of carbonyl (C=O) groups excluding carboxylic acids is 1. The van der Waals surface area contributed by atoms with Crippen LogP contribution in [0.4, 0.5) is 19.0 Å². The molecule has 0 N–H and O–H groups in total. The number of rotatable bonds is 4. The molecule has 10 heteroatoms. The van der Waals surface area contributed by atoms with Gasteiger partial charge in [0.2, 0.25) is 5.91 Å². The standard InChI is InChI=1S/C19H19F3N6O/c1-26(17(29)10-19(20,21)22)13-5-8-27(12-13)16-6-9-28-18(25-16)14(11-24-28)15-4-2-3-7-23-15/h2-4,6-7,9,11,13H,5,8,10,12H2,1H3/t13-/m0/s1. The van der Waals surface area contributed by atoms with E-state index >= 15 is 0 Å². The van der Waals surface area contributed by atoms with Gasteiger partial charge in [-0.3, -0.25) is 9.78 Å². The van der Waals surface area contributed by atoms with Crippen molar-refractivity contribution in [3.8, 4) is 11.3 Å². The van der Waals surface area contributed by atoms with E-state index < -0.39 is 18.5 Å². The Balaban J connectivity index is 1.53. The number of carbonyl (C=O) groups is 1. The van der Waals surface area contributed by atoms with Crippen LogP contribution in [0.15, 0.2) is 42.9 Å². The predicted molar refractivity (Wildman–Crippen MR) is 100 cm³/mol. The van der Waals surface area contributed by atoms with Gasteiger partial charge in [-0.15, -0.1) is 0 Å². The molecule has 0 bridgehead atoms. The molecule has 0 aliphatic carbocycles. The first kappa shape index (κ1) is 19.2. The third-order valence-electron chi connectivity index (χ3n) is 5.08. The molecule has 4 heterocycles. The zero-order valence-electron chi connectivity index (χ0n) is 15.7. The minimum Gasteiger partial charge on any atom is -0.354 e. The predicted octanol–water partition coefficient (Wildman–Crippen LogP) is 2.78. The molecule has 7 nitrogen and oxygen atoms in total. The summed E-state index contributed by atoms with van der Waals surface area (Å²) in [6.45, 7) is 1.03. The smallest absolute Gasteiger partial charge is 0.354 e. The lowest BCUT2D eigenvalue weighted by atomic mass is 10.2. The van der Waals surface area contributed by atoms with Gasteiger partial charge in [-0.05, 0) is 24.6 Å². The molecular formula is C19H19F3N6O. The van der Waals surface area contributed by atoms with Crippen molar-refractivity contribution in [1.29, 1.82) is 0 Å². The van der Waals surface area contributed by atoms with Crippen molar-refractivity contribution in [3.63, 3.8) is 0 Å². The van der Waals surface area contributed by atoms with E-state index in [1.54, 1.807) is 23.1 Å². The average Bonchev–Trinajstić information content (AvgIpc) is 3.33. The van der Waals surface area contributed by atoms with E-state index in [0.29, 0.717) is 31.0 Å². The highest BCUT2D eigenvalue weighted by Gasteiger charge is 2.36. The number of anilines is 1. The first-order valence-electron chi connectivity index (χ1n) is 9.15. The molecule has 1 fully saturated rings. The summed E-state index contributed by atoms with van der Waals surface area (Å²) >= 11 is 0. The maximum absolute atomic E-state index is 12.5. The Morgan fingerprint density at radius 2 is 2.14 bits per heavy atom. The first-order chi connectivity index (χ1) is 13.8. The lowest BCUT2D eigenvalue weighted by Crippen LogP contribution is -2.40. The zero-order valence-corrected chi connectivity index (χ0v) is 15.7. The van der Waals surface area contributed by atoms with Crippen molar-refractivity contribution >= 4 is 17.4 Å². The second-order valence-corrected chi connectivity index (χ2v) is 7.01. The second-order valence-electron chi connectivity index (χ2n) is 7.01. The van der Waals surface area contributed by atoms with Crippen molar-refractivity contribution in [2.75, 3.05) is 25.0 Å². The molecule has 1 aliphatic heterocycles. The van der Waals surface area contributed by atoms with Crippen molar-refractivity contribution in [3.05, 3.63) is 42.9 Å². The quantitative estimate of drug-likeness (QED) is 0.669. The number of hydrogen-bond acceptors (Lipinski definition) is 5. The summed E-state index contributed by atoms with van der Waals surface area (Å²) in [5.41, 5.74) is 2.19. The van der Waals surface area contributed by atoms with Crippen LogP contribution in [0, 0.1) is 0 Å². The molecule has 1 aliphatic rings. The number of aromatic nitrogens is 4. The molecule has 0 radical (unpaired) electrons. The van der Waals surface area contributed by atoms with Crippen LogP contribution < -0.4 is 4.90 Å². The zero-order chi connectivity index (χ0) is 20.6. The Hall–Kier alpha value is -3.17. The van der Waals surface area contributed by atoms with E-state index in [0.717, 1.165) is 11.3 Å². The first-order valence-corrected chi connectivity index (χ1v) is 9.15. The van der Waals surface area contributed by atoms with E-state index in [9.17, 15) is 18.0 Å². The van der Waals surface area contributed by atoms with Crippen LogP contribution >= 0.6 is 0 Å². The third-order valence-corrected chi connectivity index (χ3v) is 5.08. The van der Waals surface area contributed by atoms with Crippen LogP contribution in [0.3, 0.4) is 0 Å². The highest BCUT2D eigenvalue weighted by atomic mass is 19.4. The van der Waals surface area contributed by atoms with E-state index in [4.69, 9.17) is 4.98 Å². The van der Waals surface area contributed by atoms with Crippen LogP contribution in [0.1, 0.15) is 12.8 Å². The summed E-state index contributed by atoms with van der Waals surface area (Å²) < 4.78 is 39.2. The van der Waals surface area contributed by atoms with Crippen LogP contribution in [0.25, 0.3) is 16.9 Å². The Kier molecular flexibility index (Phi) is 4.85. The lowest BCUT2D eigenvalue weighted by Gasteiger charge is -2.25. The van der Waals surface area contributed by atoms with Crippen LogP contribution in [0.2, 0.25) is 0 Å². The fraction of sp³-hybridized carbons (Fsp3) is 0.368. The summed E-state index contributed by atoms with van der Waals surface area (Å²) in [7, 11) is 1.43. The van der Waals surface area contributed by atoms with Gasteiger partial charge in [0.1, 0.15) is 12.2 Å². The van der Waals surface area contributed by atoms with Crippen LogP contribution in [-0.4, -0.2) is 62.7 Å². The number of fused-ring (bicyclic) bond motifs is 1. The van der Waals surface area contributed by atoms with Crippen molar-refractivity contribution in [1.82, 2.24) is 24.5 Å². The average molecular weight is 404 g/mol. The van der Waals surface area contributed by atoms with Gasteiger partial charge < -0.3 is 9.80 Å². The third kappa shape index (κ3) is 4.01. The van der Waals surface area contributed by atoms with Crippen molar-refractivity contribution in [2.45, 2.75) is 25.1 Å². The number of pyridine rings is 1. The molecule has 29 heavy (non-hydrogen) atoms. The normalized spacial score (nSPS) is 17.1. The number of nitrogens with zero attached hydrogens (tertiary/aromatic N) is 6. The molecule has 0 saturated carbocycles. The highest BCUT2D eigenvalue weighted by molar-refractivity contribution is 5.77. The Bertz CT molecular complexity index is 1020. The van der Waals surface area contributed by atoms with E-state index in [2.05, 4.69) is 10.1 Å². The minimum absolute atomic E-state index is 0.289. The maximum atomic E-state index is 12.5. The number of hydrogen-bond donors (Lipinski definition) is 0. The van der Waals surface area contributed by atoms with Gasteiger partial charge in [0.05, 0.1) is 23.5 Å². The number of alkyl halides is 3. The Labute approximate surface area is 164 Å². The summed E-state index contributed by atoms with van der Waals surface area (Å²) in [6.07, 6.45) is -0.171. The Morgan fingerprint density at radius 3 is 2.86 bits per heavy atom. The summed E-state index contributed by atoms with van der Waals surface area (Å²) in [6, 6.07) is 7.10. The van der Waals surface area contributed by atoms with Gasteiger partial charge in [0, 0.05) is 32.5 Å². The molecule has 4 rings (SSSR count).